The number of benzene rings is 1. The molecular weight excluding hydrogens is 1510 g/mol. The molecule has 25 unspecified atom stereocenters. The van der Waals surface area contributed by atoms with Crippen LogP contribution in [0.4, 0.5) is 0 Å². The Morgan fingerprint density at radius 2 is 0.868 bits per heavy atom. The monoisotopic (exact) mass is 1640 g/mol. The average Bonchev–Trinajstić information content (AvgIpc) is 0.758. The second kappa shape index (κ2) is 53.4. The number of carboxylic acid groups (broad SMARTS) is 2. The number of unbranched alkanes of at least 4 members (excludes halogenated alkanes) is 20. The largest absolute Gasteiger partial charge is 0.479 e. The number of rotatable bonds is 57. The number of amides is 2. The summed E-state index contributed by atoms with van der Waals surface area (Å²) < 4.78 is 61.6. The van der Waals surface area contributed by atoms with E-state index in [1.165, 1.54) is 56.9 Å². The number of Topliss-reactive ketones (excluding diaryl/α,β-unsaturated/α-hetero) is 1. The van der Waals surface area contributed by atoms with Crippen LogP contribution in [0.1, 0.15) is 205 Å². The molecule has 20 N–H and O–H groups in total. The molecule has 5 aliphatic heterocycles. The van der Waals surface area contributed by atoms with Crippen LogP contribution in [0, 0.1) is 0 Å². The Bertz CT molecular complexity index is 2830. The summed E-state index contributed by atoms with van der Waals surface area (Å²) in [5.41, 5.74) is 1.29. The van der Waals surface area contributed by atoms with Crippen molar-refractivity contribution in [3.63, 3.8) is 0 Å². The zero-order valence-corrected chi connectivity index (χ0v) is 65.5. The summed E-state index contributed by atoms with van der Waals surface area (Å²) in [6, 6.07) is 9.20. The molecule has 5 aliphatic rings. The molecule has 5 saturated heterocycles. The molecule has 36 nitrogen and oxygen atoms in total. The summed E-state index contributed by atoms with van der Waals surface area (Å²) in [6.45, 7) is 0.291. The lowest BCUT2D eigenvalue weighted by Gasteiger charge is -2.48. The summed E-state index contributed by atoms with van der Waals surface area (Å²) in [6.07, 6.45) is -26.4. The van der Waals surface area contributed by atoms with Crippen LogP contribution in [0.25, 0.3) is 0 Å². The molecule has 0 spiro atoms. The number of carbonyl (C=O) groups excluding carboxylic acids is 3. The van der Waals surface area contributed by atoms with Gasteiger partial charge in [-0.15, -0.1) is 0 Å². The normalized spacial score (nSPS) is 32.8. The first-order valence-electron chi connectivity index (χ1n) is 41.1. The Morgan fingerprint density at radius 3 is 1.48 bits per heavy atom. The predicted molar refractivity (Wildman–Crippen MR) is 398 cm³/mol. The minimum atomic E-state index is -2.31. The molecule has 0 saturated carbocycles. The third kappa shape index (κ3) is 32.0. The van der Waals surface area contributed by atoms with Gasteiger partial charge in [0.15, 0.2) is 43.7 Å². The molecule has 0 bridgehead atoms. The van der Waals surface area contributed by atoms with Gasteiger partial charge in [-0.2, -0.15) is 0 Å². The highest BCUT2D eigenvalue weighted by atomic mass is 16.8. The van der Waals surface area contributed by atoms with E-state index >= 15 is 0 Å². The molecule has 1 aromatic carbocycles. The van der Waals surface area contributed by atoms with Crippen molar-refractivity contribution >= 4 is 29.5 Å². The highest BCUT2D eigenvalue weighted by Crippen LogP contribution is 2.36. The number of nitrogens with one attached hydrogen (secondary N) is 2. The van der Waals surface area contributed by atoms with Gasteiger partial charge in [-0.25, -0.2) is 9.59 Å². The van der Waals surface area contributed by atoms with E-state index in [1.54, 1.807) is 0 Å². The van der Waals surface area contributed by atoms with Crippen molar-refractivity contribution in [3.8, 4) is 0 Å². The standard InChI is InChI=1S/C78H132N2O34/c1-2-3-4-5-6-7-8-9-10-11-14-22-35-48(84)54(87)47(80-53(86)37-23-15-12-13-19-30-45-31-20-18-21-32-45)43-106-75-61(94)56(89)55(88)51(109-75)44-104-39-28-17-16-27-38-79-52(85)36-25-24-33-46(83)34-26-29-40-105-74-63(96)59(92)67(49(41-81)107-74)111-78-66(99)69(65(98)71(114-78)73(102)103)112-76-64(97)60(93)68(50(42-82)108-76)110-77-62(95)57(90)58(91)70(113-77)72(100)101/h18,20-21,31-32,47-51,54-71,74-78,81-82,84,87-99H,2-17,19,22-30,33-44H2,1H3,(H,79,85)(H,80,86)(H,100,101)(H,102,103)/t47-,48+,49?,50?,51?,54-,55?,56?,57?,58?,59?,60?,61?,62?,63?,64?,65?,66?,67?,68?,69?,70?,71?,74?,75?,76?,77?,78?/m0/s1. The lowest BCUT2D eigenvalue weighted by atomic mass is 9.95. The lowest BCUT2D eigenvalue weighted by molar-refractivity contribution is -0.385. The molecule has 6 rings (SSSR count). The Kier molecular flexibility index (Phi) is 46.1. The number of ketones is 1. The van der Waals surface area contributed by atoms with Crippen molar-refractivity contribution in [2.45, 2.75) is 378 Å². The van der Waals surface area contributed by atoms with Gasteiger partial charge in [-0.05, 0) is 69.8 Å². The predicted octanol–water partition coefficient (Wildman–Crippen LogP) is -0.842. The van der Waals surface area contributed by atoms with Crippen molar-refractivity contribution in [3.05, 3.63) is 35.9 Å². The van der Waals surface area contributed by atoms with Crippen LogP contribution in [-0.2, 0) is 82.5 Å². The van der Waals surface area contributed by atoms with Crippen molar-refractivity contribution < 1.29 is 168 Å². The summed E-state index contributed by atoms with van der Waals surface area (Å²) in [5.74, 6) is -4.19. The van der Waals surface area contributed by atoms with Gasteiger partial charge in [-0.1, -0.05) is 146 Å². The number of carboxylic acids is 2. The van der Waals surface area contributed by atoms with Crippen LogP contribution in [0.3, 0.4) is 0 Å². The van der Waals surface area contributed by atoms with Gasteiger partial charge in [0.05, 0.1) is 38.6 Å². The number of aliphatic hydroxyl groups excluding tert-OH is 16. The topological polar surface area (TPSA) is 575 Å². The maximum absolute atomic E-state index is 13.3. The highest BCUT2D eigenvalue weighted by Gasteiger charge is 2.57. The number of aliphatic hydroxyl groups is 16. The molecule has 36 heteroatoms. The summed E-state index contributed by atoms with van der Waals surface area (Å²) in [4.78, 5) is 62.6. The minimum absolute atomic E-state index is 0.0694. The highest BCUT2D eigenvalue weighted by molar-refractivity contribution is 5.79. The number of hydrogen-bond acceptors (Lipinski definition) is 32. The van der Waals surface area contributed by atoms with E-state index in [9.17, 15) is 116 Å². The Hall–Kier alpha value is -4.31. The van der Waals surface area contributed by atoms with Gasteiger partial charge in [0.1, 0.15) is 122 Å². The Balaban J connectivity index is 0.821. The Labute approximate surface area is 665 Å². The number of ether oxygens (including phenoxy) is 11. The molecule has 114 heavy (non-hydrogen) atoms. The second-order valence-corrected chi connectivity index (χ2v) is 30.6. The van der Waals surface area contributed by atoms with Crippen LogP contribution in [0.5, 0.6) is 0 Å². The lowest BCUT2D eigenvalue weighted by Crippen LogP contribution is -2.68. The van der Waals surface area contributed by atoms with Crippen molar-refractivity contribution in [2.24, 2.45) is 0 Å². The fourth-order valence-electron chi connectivity index (χ4n) is 14.5. The molecule has 5 heterocycles. The first kappa shape index (κ1) is 98.5. The van der Waals surface area contributed by atoms with Crippen molar-refractivity contribution in [1.29, 1.82) is 0 Å². The van der Waals surface area contributed by atoms with Gasteiger partial charge >= 0.3 is 11.9 Å². The fraction of sp³-hybridized carbons (Fsp3) is 0.859. The average molecular weight is 1640 g/mol. The molecule has 28 atom stereocenters. The van der Waals surface area contributed by atoms with Crippen molar-refractivity contribution in [2.75, 3.05) is 46.2 Å². The number of hydrogen-bond donors (Lipinski definition) is 20. The van der Waals surface area contributed by atoms with E-state index in [1.807, 2.05) is 18.2 Å². The minimum Gasteiger partial charge on any atom is -0.479 e. The SMILES string of the molecule is CCCCCCCCCCCCCC[C@@H](O)[C@@H](O)[C@H](COC1OC(COCCCCCCNC(=O)CCCCC(=O)CCCCOC2OC(CO)C(OC3OC(C(=O)O)C(O)C(OC4OC(CO)C(OC5OC(C(=O)O)C(O)C(O)C5O)C(O)C4O)C3O)C(O)C2O)C(O)C(O)C1O)NC(=O)CCCCCCCc1ccccc1. The van der Waals surface area contributed by atoms with E-state index in [-0.39, 0.29) is 76.1 Å². The summed E-state index contributed by atoms with van der Waals surface area (Å²) in [7, 11) is 0. The van der Waals surface area contributed by atoms with E-state index in [2.05, 4.69) is 29.7 Å². The maximum Gasteiger partial charge on any atom is 0.335 e. The third-order valence-electron chi connectivity index (χ3n) is 21.5. The quantitative estimate of drug-likeness (QED) is 0.0354. The molecule has 0 radical (unpaired) electrons. The molecule has 1 aromatic rings. The number of carbonyl (C=O) groups is 5. The molecule has 2 amide bonds. The van der Waals surface area contributed by atoms with Crippen LogP contribution in [0.2, 0.25) is 0 Å². The van der Waals surface area contributed by atoms with E-state index in [4.69, 9.17) is 52.1 Å². The van der Waals surface area contributed by atoms with Gasteiger partial charge in [0, 0.05) is 45.4 Å². The maximum atomic E-state index is 13.3. The molecule has 0 aliphatic carbocycles. The van der Waals surface area contributed by atoms with Crippen LogP contribution in [0.15, 0.2) is 30.3 Å². The van der Waals surface area contributed by atoms with Gasteiger partial charge in [-0.3, -0.25) is 14.4 Å². The van der Waals surface area contributed by atoms with Crippen molar-refractivity contribution in [1.82, 2.24) is 10.6 Å². The molecule has 0 aromatic heterocycles. The zero-order valence-electron chi connectivity index (χ0n) is 65.5. The second-order valence-electron chi connectivity index (χ2n) is 30.6. The summed E-state index contributed by atoms with van der Waals surface area (Å²) in [5, 5.41) is 199. The van der Waals surface area contributed by atoms with Crippen LogP contribution in [-0.4, -0.2) is 339 Å². The molecule has 658 valence electrons. The fourth-order valence-corrected chi connectivity index (χ4v) is 14.5. The Morgan fingerprint density at radius 1 is 0.421 bits per heavy atom. The van der Waals surface area contributed by atoms with E-state index in [0.29, 0.717) is 57.9 Å². The first-order chi connectivity index (χ1) is 54.7. The van der Waals surface area contributed by atoms with Gasteiger partial charge in [0.25, 0.3) is 0 Å². The van der Waals surface area contributed by atoms with Crippen LogP contribution >= 0.6 is 0 Å². The van der Waals surface area contributed by atoms with E-state index < -0.39 is 197 Å². The van der Waals surface area contributed by atoms with Gasteiger partial charge < -0.3 is 155 Å². The van der Waals surface area contributed by atoms with E-state index in [0.717, 1.165) is 64.2 Å². The number of aliphatic carboxylic acids is 2. The molecular formula is C78H132N2O34. The first-order valence-corrected chi connectivity index (χ1v) is 41.1. The van der Waals surface area contributed by atoms with Gasteiger partial charge in [0.2, 0.25) is 11.8 Å². The number of aryl methyl sites for hydroxylation is 1. The third-order valence-corrected chi connectivity index (χ3v) is 21.5. The van der Waals surface area contributed by atoms with Crippen LogP contribution < -0.4 is 10.6 Å². The molecule has 5 fully saturated rings. The summed E-state index contributed by atoms with van der Waals surface area (Å²) >= 11 is 0. The zero-order chi connectivity index (χ0) is 83.2. The smallest absolute Gasteiger partial charge is 0.335 e.